The van der Waals surface area contributed by atoms with Crippen LogP contribution in [0, 0.1) is 0 Å². The molecule has 0 saturated carbocycles. The molecule has 0 saturated heterocycles. The Labute approximate surface area is 110 Å². The van der Waals surface area contributed by atoms with Gasteiger partial charge >= 0.3 is 0 Å². The summed E-state index contributed by atoms with van der Waals surface area (Å²) < 4.78 is 22.6. The minimum Gasteiger partial charge on any atom is -0.317 e. The van der Waals surface area contributed by atoms with Crippen LogP contribution in [0.5, 0.6) is 0 Å². The fourth-order valence-electron chi connectivity index (χ4n) is 1.42. The molecule has 0 atom stereocenters. The number of benzene rings is 1. The normalized spacial score (nSPS) is 16.7. The molecule has 7 heteroatoms. The highest BCUT2D eigenvalue weighted by atomic mass is 32.2. The average Bonchev–Trinajstić information content (AvgIpc) is 2.32. The molecule has 0 bridgehead atoms. The van der Waals surface area contributed by atoms with Crippen LogP contribution in [0.1, 0.15) is 5.56 Å². The molecular weight excluding hydrogens is 272 g/mol. The van der Waals surface area contributed by atoms with Crippen LogP contribution < -0.4 is 0 Å². The molecule has 1 aliphatic rings. The summed E-state index contributed by atoms with van der Waals surface area (Å²) in [7, 11) is -1.51. The first kappa shape index (κ1) is 13.1. The van der Waals surface area contributed by atoms with E-state index in [0.29, 0.717) is 11.7 Å². The Balaban J connectivity index is 2.29. The monoisotopic (exact) mass is 284 g/mol. The molecule has 18 heavy (non-hydrogen) atoms. The lowest BCUT2D eigenvalue weighted by Crippen LogP contribution is -2.28. The highest BCUT2D eigenvalue weighted by Crippen LogP contribution is 2.22. The second kappa shape index (κ2) is 4.74. The van der Waals surface area contributed by atoms with Crippen molar-refractivity contribution in [3.05, 3.63) is 29.8 Å². The van der Waals surface area contributed by atoms with Crippen molar-refractivity contribution in [3.8, 4) is 0 Å². The summed E-state index contributed by atoms with van der Waals surface area (Å²) >= 11 is 1.05. The van der Waals surface area contributed by atoms with Crippen LogP contribution in [0.15, 0.2) is 34.2 Å². The zero-order valence-electron chi connectivity index (χ0n) is 9.95. The topological polar surface area (TPSA) is 66.8 Å². The van der Waals surface area contributed by atoms with Crippen molar-refractivity contribution < 1.29 is 13.2 Å². The summed E-state index contributed by atoms with van der Waals surface area (Å²) in [6.07, 6.45) is 1.16. The third-order valence-corrected chi connectivity index (χ3v) is 4.62. The van der Waals surface area contributed by atoms with Gasteiger partial charge < -0.3 is 4.90 Å². The van der Waals surface area contributed by atoms with Gasteiger partial charge in [-0.3, -0.25) is 9.79 Å². The summed E-state index contributed by atoms with van der Waals surface area (Å²) in [5.74, 6) is 0. The van der Waals surface area contributed by atoms with Gasteiger partial charge in [0.1, 0.15) is 11.7 Å². The average molecular weight is 284 g/mol. The molecule has 1 amide bonds. The molecule has 0 aromatic heterocycles. The summed E-state index contributed by atoms with van der Waals surface area (Å²) in [5.41, 5.74) is 0.758. The number of carbonyl (C=O) groups is 1. The van der Waals surface area contributed by atoms with E-state index in [2.05, 4.69) is 4.99 Å². The van der Waals surface area contributed by atoms with Crippen LogP contribution in [0.2, 0.25) is 0 Å². The Morgan fingerprint density at radius 2 is 1.89 bits per heavy atom. The molecule has 1 aliphatic heterocycles. The van der Waals surface area contributed by atoms with Crippen molar-refractivity contribution in [2.24, 2.45) is 4.99 Å². The molecule has 5 nitrogen and oxygen atoms in total. The van der Waals surface area contributed by atoms with Gasteiger partial charge in [-0.1, -0.05) is 12.1 Å². The summed E-state index contributed by atoms with van der Waals surface area (Å²) in [6.45, 7) is 0.328. The van der Waals surface area contributed by atoms with E-state index < -0.39 is 9.84 Å². The smallest absolute Gasteiger partial charge is 0.289 e. The van der Waals surface area contributed by atoms with Gasteiger partial charge in [0.25, 0.3) is 5.24 Å². The highest BCUT2D eigenvalue weighted by Gasteiger charge is 2.19. The van der Waals surface area contributed by atoms with Crippen LogP contribution >= 0.6 is 11.8 Å². The molecule has 1 aromatic carbocycles. The molecule has 0 spiro atoms. The van der Waals surface area contributed by atoms with E-state index in [-0.39, 0.29) is 10.1 Å². The molecule has 1 heterocycles. The van der Waals surface area contributed by atoms with Crippen molar-refractivity contribution >= 4 is 31.9 Å². The Morgan fingerprint density at radius 1 is 1.28 bits per heavy atom. The maximum atomic E-state index is 11.5. The minimum atomic E-state index is -3.19. The van der Waals surface area contributed by atoms with Crippen LogP contribution in [0.3, 0.4) is 0 Å². The Hall–Kier alpha value is -1.34. The van der Waals surface area contributed by atoms with Gasteiger partial charge in [-0.15, -0.1) is 0 Å². The predicted octanol–water partition coefficient (Wildman–Crippen LogP) is 1.59. The number of carbonyl (C=O) groups excluding carboxylic acids is 1. The van der Waals surface area contributed by atoms with Gasteiger partial charge in [0, 0.05) is 18.9 Å². The number of aliphatic imine (C=N–C) groups is 1. The Kier molecular flexibility index (Phi) is 3.45. The van der Waals surface area contributed by atoms with E-state index in [9.17, 15) is 13.2 Å². The SMILES string of the molecule is CN1CN=C(c2ccc(S(C)(=O)=O)cc2)SC1=O. The third-order valence-electron chi connectivity index (χ3n) is 2.45. The summed E-state index contributed by atoms with van der Waals surface area (Å²) in [6, 6.07) is 6.38. The van der Waals surface area contributed by atoms with Gasteiger partial charge in [-0.05, 0) is 23.9 Å². The Morgan fingerprint density at radius 3 is 2.39 bits per heavy atom. The molecule has 96 valence electrons. The third kappa shape index (κ3) is 2.73. The van der Waals surface area contributed by atoms with Gasteiger partial charge in [-0.2, -0.15) is 0 Å². The van der Waals surface area contributed by atoms with Crippen LogP contribution in [-0.2, 0) is 9.84 Å². The van der Waals surface area contributed by atoms with E-state index in [1.807, 2.05) is 0 Å². The molecule has 0 aliphatic carbocycles. The quantitative estimate of drug-likeness (QED) is 0.827. The Bertz CT molecular complexity index is 606. The number of hydrogen-bond donors (Lipinski definition) is 0. The van der Waals surface area contributed by atoms with Crippen LogP contribution in [0.25, 0.3) is 0 Å². The van der Waals surface area contributed by atoms with Crippen LogP contribution in [0.4, 0.5) is 4.79 Å². The summed E-state index contributed by atoms with van der Waals surface area (Å²) in [4.78, 5) is 17.5. The molecule has 0 radical (unpaired) electrons. The van der Waals surface area contributed by atoms with E-state index in [4.69, 9.17) is 0 Å². The number of nitrogens with zero attached hydrogens (tertiary/aromatic N) is 2. The lowest BCUT2D eigenvalue weighted by molar-refractivity contribution is 0.234. The van der Waals surface area contributed by atoms with Crippen molar-refractivity contribution in [3.63, 3.8) is 0 Å². The largest absolute Gasteiger partial charge is 0.317 e. The summed E-state index contributed by atoms with van der Waals surface area (Å²) in [5, 5.41) is 0.561. The van der Waals surface area contributed by atoms with Crippen molar-refractivity contribution in [1.29, 1.82) is 0 Å². The van der Waals surface area contributed by atoms with E-state index >= 15 is 0 Å². The number of thioether (sulfide) groups is 1. The van der Waals surface area contributed by atoms with Crippen molar-refractivity contribution in [2.75, 3.05) is 20.0 Å². The second-order valence-corrected chi connectivity index (χ2v) is 6.92. The second-order valence-electron chi connectivity index (χ2n) is 3.97. The first-order chi connectivity index (χ1) is 8.38. The van der Waals surface area contributed by atoms with E-state index in [1.54, 1.807) is 19.2 Å². The van der Waals surface area contributed by atoms with E-state index in [0.717, 1.165) is 23.6 Å². The molecule has 1 aromatic rings. The van der Waals surface area contributed by atoms with Gasteiger partial charge in [0.05, 0.1) is 4.90 Å². The number of rotatable bonds is 2. The van der Waals surface area contributed by atoms with Gasteiger partial charge in [0.2, 0.25) is 0 Å². The molecule has 2 rings (SSSR count). The molecule has 0 fully saturated rings. The van der Waals surface area contributed by atoms with Crippen molar-refractivity contribution in [1.82, 2.24) is 4.90 Å². The fourth-order valence-corrected chi connectivity index (χ4v) is 2.80. The lowest BCUT2D eigenvalue weighted by Gasteiger charge is -2.20. The molecule has 0 unspecified atom stereocenters. The minimum absolute atomic E-state index is 0.0628. The van der Waals surface area contributed by atoms with Gasteiger partial charge in [-0.25, -0.2) is 8.42 Å². The number of sulfone groups is 1. The zero-order valence-corrected chi connectivity index (χ0v) is 11.6. The maximum Gasteiger partial charge on any atom is 0.289 e. The lowest BCUT2D eigenvalue weighted by atomic mass is 10.2. The number of hydrogen-bond acceptors (Lipinski definition) is 5. The maximum absolute atomic E-state index is 11.5. The molecule has 0 N–H and O–H groups in total. The van der Waals surface area contributed by atoms with E-state index in [1.165, 1.54) is 17.0 Å². The zero-order chi connectivity index (χ0) is 13.3. The predicted molar refractivity (Wildman–Crippen MR) is 71.7 cm³/mol. The van der Waals surface area contributed by atoms with Crippen LogP contribution in [-0.4, -0.2) is 43.6 Å². The first-order valence-corrected chi connectivity index (χ1v) is 7.86. The standard InChI is InChI=1S/C11H12N2O3S2/c1-13-7-12-10(17-11(13)14)8-3-5-9(6-4-8)18(2,15)16/h3-6H,7H2,1-2H3. The van der Waals surface area contributed by atoms with Gasteiger partial charge in [0.15, 0.2) is 9.84 Å². The van der Waals surface area contributed by atoms with Crippen molar-refractivity contribution in [2.45, 2.75) is 4.90 Å². The molecular formula is C11H12N2O3S2. The first-order valence-electron chi connectivity index (χ1n) is 5.16. The fraction of sp³-hybridized carbons (Fsp3) is 0.273. The highest BCUT2D eigenvalue weighted by molar-refractivity contribution is 8.26. The number of amides is 1.